The van der Waals surface area contributed by atoms with Crippen LogP contribution < -0.4 is 10.5 Å². The molecule has 0 spiro atoms. The van der Waals surface area contributed by atoms with Crippen LogP contribution in [-0.4, -0.2) is 18.4 Å². The number of halogens is 1. The molecule has 2 aromatic carbocycles. The minimum absolute atomic E-state index is 0.00106. The Labute approximate surface area is 119 Å². The van der Waals surface area contributed by atoms with Crippen molar-refractivity contribution in [3.05, 3.63) is 48.3 Å². The first-order valence-corrected chi connectivity index (χ1v) is 7.47. The molecule has 0 fully saturated rings. The Morgan fingerprint density at radius 3 is 2.62 bits per heavy atom. The molecular weight excluding hydrogens is 295 g/mol. The van der Waals surface area contributed by atoms with Gasteiger partial charge in [-0.1, -0.05) is 18.2 Å². The van der Waals surface area contributed by atoms with Crippen molar-refractivity contribution in [2.45, 2.75) is 4.90 Å². The molecule has 0 bridgehead atoms. The van der Waals surface area contributed by atoms with Gasteiger partial charge in [0.15, 0.2) is 0 Å². The molecule has 0 saturated carbocycles. The lowest BCUT2D eigenvalue weighted by molar-refractivity contribution is 0.571. The molecule has 0 saturated heterocycles. The first-order valence-electron chi connectivity index (χ1n) is 5.99. The van der Waals surface area contributed by atoms with Gasteiger partial charge in [-0.15, -0.1) is 0 Å². The molecule has 0 amide bonds. The van der Waals surface area contributed by atoms with Gasteiger partial charge < -0.3 is 10.7 Å². The summed E-state index contributed by atoms with van der Waals surface area (Å²) in [6, 6.07) is 10.7. The molecule has 6 nitrogen and oxygen atoms in total. The van der Waals surface area contributed by atoms with Crippen LogP contribution in [0.15, 0.2) is 47.4 Å². The maximum Gasteiger partial charge on any atom is 0.269 e. The molecular formula is C13H11FN4O2S. The summed E-state index contributed by atoms with van der Waals surface area (Å²) in [5.74, 6) is -0.919. The van der Waals surface area contributed by atoms with Gasteiger partial charge in [0, 0.05) is 0 Å². The molecule has 3 aromatic rings. The fraction of sp³-hybridized carbons (Fsp3) is 0. The lowest BCUT2D eigenvalue weighted by atomic mass is 10.3. The summed E-state index contributed by atoms with van der Waals surface area (Å²) >= 11 is 0. The Morgan fingerprint density at radius 1 is 1.14 bits per heavy atom. The van der Waals surface area contributed by atoms with Crippen molar-refractivity contribution in [3.63, 3.8) is 0 Å². The third kappa shape index (κ3) is 2.40. The second-order valence-electron chi connectivity index (χ2n) is 4.37. The summed E-state index contributed by atoms with van der Waals surface area (Å²) < 4.78 is 40.4. The number of fused-ring (bicyclic) bond motifs is 1. The van der Waals surface area contributed by atoms with Gasteiger partial charge in [-0.05, 0) is 24.3 Å². The second kappa shape index (κ2) is 4.74. The Bertz CT molecular complexity index is 868. The van der Waals surface area contributed by atoms with Crippen LogP contribution in [0.1, 0.15) is 0 Å². The van der Waals surface area contributed by atoms with Crippen LogP contribution in [0.4, 0.5) is 16.0 Å². The van der Waals surface area contributed by atoms with E-state index in [1.165, 1.54) is 12.1 Å². The maximum atomic E-state index is 13.7. The monoisotopic (exact) mass is 306 g/mol. The molecule has 21 heavy (non-hydrogen) atoms. The largest absolute Gasteiger partial charge is 0.398 e. The summed E-state index contributed by atoms with van der Waals surface area (Å²) in [6.45, 7) is 0. The lowest BCUT2D eigenvalue weighted by Gasteiger charge is -2.08. The topological polar surface area (TPSA) is 101 Å². The van der Waals surface area contributed by atoms with E-state index in [0.717, 1.165) is 6.07 Å². The Kier molecular flexibility index (Phi) is 3.02. The van der Waals surface area contributed by atoms with E-state index in [0.29, 0.717) is 11.0 Å². The number of imidazole rings is 1. The molecule has 0 aliphatic heterocycles. The van der Waals surface area contributed by atoms with Crippen LogP contribution in [0.25, 0.3) is 11.0 Å². The van der Waals surface area contributed by atoms with Crippen molar-refractivity contribution in [1.82, 2.24) is 9.97 Å². The predicted molar refractivity (Wildman–Crippen MR) is 77.7 cm³/mol. The van der Waals surface area contributed by atoms with Crippen molar-refractivity contribution >= 4 is 32.7 Å². The van der Waals surface area contributed by atoms with E-state index in [-0.39, 0.29) is 11.6 Å². The first kappa shape index (κ1) is 13.4. The number of sulfonamides is 1. The average Bonchev–Trinajstić information content (AvgIpc) is 2.79. The summed E-state index contributed by atoms with van der Waals surface area (Å²) in [5.41, 5.74) is 6.64. The first-order chi connectivity index (χ1) is 9.97. The fourth-order valence-electron chi connectivity index (χ4n) is 1.99. The Hall–Kier alpha value is -2.61. The smallest absolute Gasteiger partial charge is 0.269 e. The molecule has 1 heterocycles. The number of nitrogens with two attached hydrogens (primary N) is 1. The van der Waals surface area contributed by atoms with Gasteiger partial charge in [0.25, 0.3) is 10.0 Å². The van der Waals surface area contributed by atoms with E-state index in [2.05, 4.69) is 14.7 Å². The number of H-pyrrole nitrogens is 1. The van der Waals surface area contributed by atoms with Gasteiger partial charge >= 0.3 is 0 Å². The third-order valence-corrected chi connectivity index (χ3v) is 4.32. The van der Waals surface area contributed by atoms with E-state index in [1.807, 2.05) is 0 Å². The fourth-order valence-corrected chi connectivity index (χ4v) is 3.14. The quantitative estimate of drug-likeness (QED) is 0.645. The molecule has 3 rings (SSSR count). The maximum absolute atomic E-state index is 13.7. The molecule has 0 unspecified atom stereocenters. The van der Waals surface area contributed by atoms with Gasteiger partial charge in [-0.3, -0.25) is 0 Å². The molecule has 0 atom stereocenters. The van der Waals surface area contributed by atoms with Crippen LogP contribution in [0, 0.1) is 5.82 Å². The molecule has 108 valence electrons. The summed E-state index contributed by atoms with van der Waals surface area (Å²) in [6.07, 6.45) is 0. The van der Waals surface area contributed by atoms with Crippen LogP contribution in [0.5, 0.6) is 0 Å². The van der Waals surface area contributed by atoms with Gasteiger partial charge in [0.2, 0.25) is 5.95 Å². The van der Waals surface area contributed by atoms with E-state index < -0.39 is 20.7 Å². The molecule has 0 aliphatic carbocycles. The minimum atomic E-state index is -4.17. The lowest BCUT2D eigenvalue weighted by Crippen LogP contribution is -2.17. The van der Waals surface area contributed by atoms with Crippen LogP contribution in [-0.2, 0) is 10.0 Å². The molecule has 8 heteroatoms. The SMILES string of the molecule is Nc1cccc(F)c1S(=O)(=O)Nc1nc2ccccc2[nH]1. The van der Waals surface area contributed by atoms with E-state index in [1.54, 1.807) is 24.3 Å². The van der Waals surface area contributed by atoms with Crippen molar-refractivity contribution in [3.8, 4) is 0 Å². The standard InChI is InChI=1S/C13H11FN4O2S/c14-8-4-3-5-9(15)12(8)21(19,20)18-13-16-10-6-1-2-7-11(10)17-13/h1-7H,15H2,(H2,16,17,18). The molecule has 1 aromatic heterocycles. The predicted octanol–water partition coefficient (Wildman–Crippen LogP) is 2.08. The van der Waals surface area contributed by atoms with Crippen molar-refractivity contribution in [2.24, 2.45) is 0 Å². The number of rotatable bonds is 3. The minimum Gasteiger partial charge on any atom is -0.398 e. The van der Waals surface area contributed by atoms with Gasteiger partial charge in [-0.2, -0.15) is 0 Å². The number of anilines is 2. The number of aromatic amines is 1. The van der Waals surface area contributed by atoms with E-state index >= 15 is 0 Å². The Morgan fingerprint density at radius 2 is 1.90 bits per heavy atom. The number of hydrogen-bond acceptors (Lipinski definition) is 4. The highest BCUT2D eigenvalue weighted by Crippen LogP contribution is 2.24. The van der Waals surface area contributed by atoms with Crippen molar-refractivity contribution in [1.29, 1.82) is 0 Å². The van der Waals surface area contributed by atoms with Crippen molar-refractivity contribution in [2.75, 3.05) is 10.5 Å². The third-order valence-electron chi connectivity index (χ3n) is 2.89. The highest BCUT2D eigenvalue weighted by Gasteiger charge is 2.23. The van der Waals surface area contributed by atoms with Crippen LogP contribution >= 0.6 is 0 Å². The molecule has 4 N–H and O–H groups in total. The summed E-state index contributed by atoms with van der Waals surface area (Å²) in [7, 11) is -4.17. The highest BCUT2D eigenvalue weighted by molar-refractivity contribution is 7.92. The van der Waals surface area contributed by atoms with Gasteiger partial charge in [0.1, 0.15) is 10.7 Å². The van der Waals surface area contributed by atoms with Crippen LogP contribution in [0.2, 0.25) is 0 Å². The average molecular weight is 306 g/mol. The molecule has 0 aliphatic rings. The Balaban J connectivity index is 2.03. The zero-order valence-corrected chi connectivity index (χ0v) is 11.5. The van der Waals surface area contributed by atoms with Crippen LogP contribution in [0.3, 0.4) is 0 Å². The number of nitrogens with zero attached hydrogens (tertiary/aromatic N) is 1. The number of para-hydroxylation sites is 2. The summed E-state index contributed by atoms with van der Waals surface area (Å²) in [4.78, 5) is 6.28. The number of nitrogens with one attached hydrogen (secondary N) is 2. The number of nitrogen functional groups attached to an aromatic ring is 1. The van der Waals surface area contributed by atoms with Gasteiger partial charge in [0.05, 0.1) is 16.7 Å². The zero-order valence-electron chi connectivity index (χ0n) is 10.7. The molecule has 0 radical (unpaired) electrons. The van der Waals surface area contributed by atoms with E-state index in [4.69, 9.17) is 5.73 Å². The number of benzene rings is 2. The van der Waals surface area contributed by atoms with Gasteiger partial charge in [-0.25, -0.2) is 22.5 Å². The summed E-state index contributed by atoms with van der Waals surface area (Å²) in [5, 5.41) is 0. The van der Waals surface area contributed by atoms with Crippen molar-refractivity contribution < 1.29 is 12.8 Å². The number of hydrogen-bond donors (Lipinski definition) is 3. The zero-order chi connectivity index (χ0) is 15.0. The second-order valence-corrected chi connectivity index (χ2v) is 5.99. The normalized spacial score (nSPS) is 11.7. The highest BCUT2D eigenvalue weighted by atomic mass is 32.2. The number of aromatic nitrogens is 2. The van der Waals surface area contributed by atoms with E-state index in [9.17, 15) is 12.8 Å².